The van der Waals surface area contributed by atoms with Gasteiger partial charge in [-0.3, -0.25) is 9.59 Å². The summed E-state index contributed by atoms with van der Waals surface area (Å²) in [5, 5.41) is 14.7. The van der Waals surface area contributed by atoms with E-state index in [1.54, 1.807) is 0 Å². The van der Waals surface area contributed by atoms with Crippen molar-refractivity contribution >= 4 is 11.9 Å². The van der Waals surface area contributed by atoms with E-state index in [1.807, 2.05) is 0 Å². The van der Waals surface area contributed by atoms with Crippen LogP contribution in [0.3, 0.4) is 0 Å². The molecule has 2 saturated heterocycles. The molecule has 0 radical (unpaired) electrons. The summed E-state index contributed by atoms with van der Waals surface area (Å²) in [6.07, 6.45) is 3.89. The average Bonchev–Trinajstić information content (AvgIpc) is 2.49. The van der Waals surface area contributed by atoms with Crippen LogP contribution < -0.4 is 10.6 Å². The van der Waals surface area contributed by atoms with Gasteiger partial charge in [0.2, 0.25) is 0 Å². The number of nitrogens with one attached hydrogen (secondary N) is 2. The molecule has 0 aliphatic carbocycles. The minimum atomic E-state index is -0.665. The van der Waals surface area contributed by atoms with Crippen molar-refractivity contribution in [2.45, 2.75) is 25.7 Å². The van der Waals surface area contributed by atoms with E-state index in [-0.39, 0.29) is 17.8 Å². The first-order valence-electron chi connectivity index (χ1n) is 6.87. The minimum Gasteiger partial charge on any atom is -0.481 e. The SMILES string of the molecule is COC(=O)C1CCCNC1.O=C(O)C1CCCNC1. The van der Waals surface area contributed by atoms with Crippen LogP contribution in [-0.4, -0.2) is 50.3 Å². The smallest absolute Gasteiger partial charge is 0.309 e. The summed E-state index contributed by atoms with van der Waals surface area (Å²) in [7, 11) is 1.44. The molecule has 6 nitrogen and oxygen atoms in total. The zero-order valence-electron chi connectivity index (χ0n) is 11.5. The number of aliphatic carboxylic acids is 1. The van der Waals surface area contributed by atoms with Crippen LogP contribution in [0.15, 0.2) is 0 Å². The molecule has 0 aromatic heterocycles. The van der Waals surface area contributed by atoms with Crippen LogP contribution in [0.5, 0.6) is 0 Å². The number of carboxylic acid groups (broad SMARTS) is 1. The third-order valence-corrected chi connectivity index (χ3v) is 3.48. The van der Waals surface area contributed by atoms with Crippen LogP contribution in [0, 0.1) is 11.8 Å². The zero-order valence-corrected chi connectivity index (χ0v) is 11.5. The maximum atomic E-state index is 10.9. The summed E-state index contributed by atoms with van der Waals surface area (Å²) in [4.78, 5) is 21.2. The van der Waals surface area contributed by atoms with Crippen LogP contribution in [0.1, 0.15) is 25.7 Å². The number of piperidine rings is 2. The Morgan fingerprint density at radius 1 is 1.05 bits per heavy atom. The highest BCUT2D eigenvalue weighted by Gasteiger charge is 2.20. The van der Waals surface area contributed by atoms with Gasteiger partial charge in [-0.1, -0.05) is 0 Å². The molecule has 2 aliphatic rings. The van der Waals surface area contributed by atoms with Crippen LogP contribution in [0.2, 0.25) is 0 Å². The number of carboxylic acids is 1. The Labute approximate surface area is 113 Å². The van der Waals surface area contributed by atoms with Crippen LogP contribution in [-0.2, 0) is 14.3 Å². The summed E-state index contributed by atoms with van der Waals surface area (Å²) in [6.45, 7) is 3.44. The standard InChI is InChI=1S/C7H13NO2.C6H11NO2/c1-10-7(9)6-3-2-4-8-5-6;8-6(9)5-2-1-3-7-4-5/h6,8H,2-5H2,1H3;5,7H,1-4H2,(H,8,9). The highest BCUT2D eigenvalue weighted by molar-refractivity contribution is 5.72. The molecule has 2 aliphatic heterocycles. The lowest BCUT2D eigenvalue weighted by atomic mass is 10.0. The third-order valence-electron chi connectivity index (χ3n) is 3.48. The maximum absolute atomic E-state index is 10.9. The number of carbonyl (C=O) groups excluding carboxylic acids is 1. The van der Waals surface area contributed by atoms with Crippen LogP contribution >= 0.6 is 0 Å². The van der Waals surface area contributed by atoms with Gasteiger partial charge in [-0.05, 0) is 38.8 Å². The number of carbonyl (C=O) groups is 2. The molecular formula is C13H24N2O4. The second-order valence-corrected chi connectivity index (χ2v) is 4.95. The Bertz CT molecular complexity index is 284. The van der Waals surface area contributed by atoms with E-state index in [2.05, 4.69) is 15.4 Å². The summed E-state index contributed by atoms with van der Waals surface area (Å²) in [5.74, 6) is -0.785. The van der Waals surface area contributed by atoms with Gasteiger partial charge >= 0.3 is 11.9 Å². The van der Waals surface area contributed by atoms with E-state index in [9.17, 15) is 9.59 Å². The molecule has 110 valence electrons. The van der Waals surface area contributed by atoms with Crippen molar-refractivity contribution in [2.75, 3.05) is 33.3 Å². The predicted octanol–water partition coefficient (Wildman–Crippen LogP) is 0.230. The van der Waals surface area contributed by atoms with Crippen molar-refractivity contribution in [1.82, 2.24) is 10.6 Å². The summed E-state index contributed by atoms with van der Waals surface area (Å²) < 4.78 is 4.61. The van der Waals surface area contributed by atoms with E-state index in [0.29, 0.717) is 6.54 Å². The van der Waals surface area contributed by atoms with E-state index in [0.717, 1.165) is 45.3 Å². The van der Waals surface area contributed by atoms with Gasteiger partial charge in [-0.25, -0.2) is 0 Å². The second kappa shape index (κ2) is 8.87. The van der Waals surface area contributed by atoms with Gasteiger partial charge in [-0.2, -0.15) is 0 Å². The largest absolute Gasteiger partial charge is 0.481 e. The fraction of sp³-hybridized carbons (Fsp3) is 0.846. The molecule has 0 spiro atoms. The van der Waals surface area contributed by atoms with Crippen molar-refractivity contribution in [3.63, 3.8) is 0 Å². The van der Waals surface area contributed by atoms with Gasteiger partial charge in [0.1, 0.15) is 0 Å². The van der Waals surface area contributed by atoms with Crippen molar-refractivity contribution in [3.8, 4) is 0 Å². The first-order chi connectivity index (χ1) is 9.15. The van der Waals surface area contributed by atoms with E-state index < -0.39 is 5.97 Å². The molecule has 19 heavy (non-hydrogen) atoms. The number of methoxy groups -OCH3 is 1. The Hall–Kier alpha value is -1.14. The predicted molar refractivity (Wildman–Crippen MR) is 70.8 cm³/mol. The lowest BCUT2D eigenvalue weighted by Gasteiger charge is -2.19. The van der Waals surface area contributed by atoms with Crippen molar-refractivity contribution in [1.29, 1.82) is 0 Å². The molecule has 0 bridgehead atoms. The molecule has 2 atom stereocenters. The molecule has 0 saturated carbocycles. The molecular weight excluding hydrogens is 248 g/mol. The minimum absolute atomic E-state index is 0.0767. The highest BCUT2D eigenvalue weighted by atomic mass is 16.5. The van der Waals surface area contributed by atoms with Gasteiger partial charge < -0.3 is 20.5 Å². The Morgan fingerprint density at radius 3 is 1.89 bits per heavy atom. The Balaban J connectivity index is 0.000000191. The second-order valence-electron chi connectivity index (χ2n) is 4.95. The molecule has 0 aromatic carbocycles. The number of ether oxygens (including phenoxy) is 1. The molecule has 2 unspecified atom stereocenters. The van der Waals surface area contributed by atoms with Crippen LogP contribution in [0.4, 0.5) is 0 Å². The fourth-order valence-electron chi connectivity index (χ4n) is 2.28. The summed E-state index contributed by atoms with van der Waals surface area (Å²) in [5.41, 5.74) is 0. The van der Waals surface area contributed by atoms with Crippen molar-refractivity contribution in [3.05, 3.63) is 0 Å². The number of hydrogen-bond acceptors (Lipinski definition) is 5. The molecule has 0 aromatic rings. The number of rotatable bonds is 2. The normalized spacial score (nSPS) is 26.8. The molecule has 2 rings (SSSR count). The lowest BCUT2D eigenvalue weighted by Crippen LogP contribution is -2.34. The van der Waals surface area contributed by atoms with Gasteiger partial charge in [0.05, 0.1) is 18.9 Å². The van der Waals surface area contributed by atoms with Gasteiger partial charge in [0, 0.05) is 13.1 Å². The lowest BCUT2D eigenvalue weighted by molar-refractivity contribution is -0.146. The highest BCUT2D eigenvalue weighted by Crippen LogP contribution is 2.10. The topological polar surface area (TPSA) is 87.7 Å². The van der Waals surface area contributed by atoms with E-state index in [1.165, 1.54) is 7.11 Å². The maximum Gasteiger partial charge on any atom is 0.309 e. The molecule has 3 N–H and O–H groups in total. The van der Waals surface area contributed by atoms with E-state index in [4.69, 9.17) is 5.11 Å². The van der Waals surface area contributed by atoms with Gasteiger partial charge in [-0.15, -0.1) is 0 Å². The summed E-state index contributed by atoms with van der Waals surface area (Å²) in [6, 6.07) is 0. The van der Waals surface area contributed by atoms with Crippen LogP contribution in [0.25, 0.3) is 0 Å². The monoisotopic (exact) mass is 272 g/mol. The molecule has 2 fully saturated rings. The van der Waals surface area contributed by atoms with E-state index >= 15 is 0 Å². The first kappa shape index (κ1) is 15.9. The number of hydrogen-bond donors (Lipinski definition) is 3. The average molecular weight is 272 g/mol. The van der Waals surface area contributed by atoms with Crippen molar-refractivity contribution < 1.29 is 19.4 Å². The van der Waals surface area contributed by atoms with Gasteiger partial charge in [0.25, 0.3) is 0 Å². The first-order valence-corrected chi connectivity index (χ1v) is 6.87. The zero-order chi connectivity index (χ0) is 14.1. The summed E-state index contributed by atoms with van der Waals surface area (Å²) >= 11 is 0. The molecule has 0 amide bonds. The third kappa shape index (κ3) is 6.02. The fourth-order valence-corrected chi connectivity index (χ4v) is 2.28. The Kier molecular flexibility index (Phi) is 7.43. The molecule has 6 heteroatoms. The molecule has 2 heterocycles. The van der Waals surface area contributed by atoms with Crippen molar-refractivity contribution in [2.24, 2.45) is 11.8 Å². The number of esters is 1. The Morgan fingerprint density at radius 2 is 1.58 bits per heavy atom. The quantitative estimate of drug-likeness (QED) is 0.624. The van der Waals surface area contributed by atoms with Gasteiger partial charge in [0.15, 0.2) is 0 Å².